The van der Waals surface area contributed by atoms with Crippen molar-refractivity contribution in [1.82, 2.24) is 34.5 Å². The molecule has 0 saturated heterocycles. The first kappa shape index (κ1) is 66.1. The molecule has 71 heavy (non-hydrogen) atoms. The number of hydrazine groups is 1. The van der Waals surface area contributed by atoms with E-state index in [2.05, 4.69) is 45.3 Å². The minimum Gasteiger partial charge on any atom is -0.870 e. The molecule has 5 rings (SSSR count). The molecular formula is C41H48F9LiN10O10. The second-order valence-electron chi connectivity index (χ2n) is 13.7. The second kappa shape index (κ2) is 28.7. The van der Waals surface area contributed by atoms with Gasteiger partial charge in [0.2, 0.25) is 0 Å². The third kappa shape index (κ3) is 20.9. The summed E-state index contributed by atoms with van der Waals surface area (Å²) >= 11 is 0. The van der Waals surface area contributed by atoms with Crippen LogP contribution in [0, 0.1) is 34.6 Å². The normalized spacial score (nSPS) is 10.9. The number of oxime groups is 1. The molecule has 0 aromatic carbocycles. The number of carboxylic acid groups (broad SMARTS) is 1. The molecule has 0 amide bonds. The minimum atomic E-state index is -4.53. The number of hydrogen-bond acceptors (Lipinski definition) is 16. The summed E-state index contributed by atoms with van der Waals surface area (Å²) in [4.78, 5) is 60.8. The molecule has 0 atom stereocenters. The van der Waals surface area contributed by atoms with Gasteiger partial charge in [-0.25, -0.2) is 44.5 Å². The van der Waals surface area contributed by atoms with Gasteiger partial charge in [-0.15, -0.1) is 0 Å². The van der Waals surface area contributed by atoms with E-state index >= 15 is 0 Å². The molecule has 0 aliphatic rings. The van der Waals surface area contributed by atoms with Crippen LogP contribution in [0.3, 0.4) is 0 Å². The fraction of sp³-hybridized carbons (Fsp3) is 0.366. The molecule has 5 aromatic heterocycles. The Labute approximate surface area is 410 Å². The van der Waals surface area contributed by atoms with E-state index in [-0.39, 0.29) is 107 Å². The van der Waals surface area contributed by atoms with Gasteiger partial charge in [-0.1, -0.05) is 5.16 Å². The number of rotatable bonds is 11. The SMILES string of the molecule is CCOC(=O)C(CC(C)=O)=NOC.CCOC(=O)c1cc(C)nn1-c1cc(C(F)(F)F)cc(C)n1.Cc1cc(C(F)(F)F)cc(-n2nc(C)cc2C(=O)O)n1.Cc1cc(C(F)(F)F)cc(NN)n1.O.[Li+].[OH-]. The average Bonchev–Trinajstić information content (AvgIpc) is 3.82. The van der Waals surface area contributed by atoms with Crippen LogP contribution in [-0.4, -0.2) is 100 Å². The van der Waals surface area contributed by atoms with Crippen molar-refractivity contribution in [2.24, 2.45) is 11.0 Å². The number of carbonyl (C=O) groups excluding carboxylic acids is 3. The predicted octanol–water partition coefficient (Wildman–Crippen LogP) is 3.91. The van der Waals surface area contributed by atoms with E-state index in [1.54, 1.807) is 27.7 Å². The van der Waals surface area contributed by atoms with Gasteiger partial charge in [0.05, 0.1) is 47.7 Å². The van der Waals surface area contributed by atoms with Gasteiger partial charge in [-0.05, 0) is 104 Å². The first-order chi connectivity index (χ1) is 31.4. The Morgan fingerprint density at radius 2 is 1.06 bits per heavy atom. The van der Waals surface area contributed by atoms with Crippen molar-refractivity contribution in [3.63, 3.8) is 0 Å². The summed E-state index contributed by atoms with van der Waals surface area (Å²) in [5, 5.41) is 20.3. The van der Waals surface area contributed by atoms with Gasteiger partial charge in [-0.3, -0.25) is 4.79 Å². The maximum absolute atomic E-state index is 12.9. The van der Waals surface area contributed by atoms with E-state index < -0.39 is 53.1 Å². The van der Waals surface area contributed by atoms with Crippen molar-refractivity contribution in [2.75, 3.05) is 25.7 Å². The van der Waals surface area contributed by atoms with Crippen molar-refractivity contribution in [2.45, 2.75) is 80.3 Å². The maximum Gasteiger partial charge on any atom is 1.00 e. The van der Waals surface area contributed by atoms with Gasteiger partial charge in [0, 0.05) is 17.1 Å². The largest absolute Gasteiger partial charge is 1.00 e. The van der Waals surface area contributed by atoms with E-state index in [1.165, 1.54) is 46.9 Å². The standard InChI is InChI=1S/C14H14F3N3O2.C12H10F3N3O2.C8H13NO4.C7H8F3N3.Li.2H2O/c1-4-22-13(21)11-6-9(3)19-20(11)12-7-10(14(15,16)17)5-8(2)18-12;1-6-3-8(12(13,14)15)5-10(16-6)18-9(11(19)20)4-7(2)17-18;1-4-13-8(11)7(9-12-3)5-6(2)10;1-4-2-5(7(8,9)10)3-6(12-4)13-11;;;/h5-7H,4H2,1-3H3;3-5H,1-2H3,(H,19,20);4-5H2,1-3H3;2-3H,11H2,1H3,(H,12,13);;2*1H2/q;;;;+1;;/p-1. The third-order valence-electron chi connectivity index (χ3n) is 7.89. The Kier molecular flexibility index (Phi) is 26.7. The Morgan fingerprint density at radius 1 is 0.662 bits per heavy atom. The van der Waals surface area contributed by atoms with Crippen LogP contribution >= 0.6 is 0 Å². The quantitative estimate of drug-likeness (QED) is 0.0422. The topological polar surface area (TPSA) is 302 Å². The average molecular weight is 1020 g/mol. The zero-order valence-corrected chi connectivity index (χ0v) is 39.5. The molecular weight excluding hydrogens is 970 g/mol. The summed E-state index contributed by atoms with van der Waals surface area (Å²) in [5.41, 5.74) is 0.764. The molecule has 0 saturated carbocycles. The van der Waals surface area contributed by atoms with Gasteiger partial charge >= 0.3 is 55.3 Å². The van der Waals surface area contributed by atoms with Crippen LogP contribution in [0.2, 0.25) is 0 Å². The Hall–Kier alpha value is -6.93. The van der Waals surface area contributed by atoms with Crippen LogP contribution in [0.4, 0.5) is 45.3 Å². The molecule has 0 bridgehead atoms. The van der Waals surface area contributed by atoms with E-state index in [0.29, 0.717) is 11.4 Å². The van der Waals surface area contributed by atoms with Gasteiger partial charge in [0.15, 0.2) is 28.7 Å². The molecule has 0 radical (unpaired) electrons. The molecule has 0 aliphatic heterocycles. The monoisotopic (exact) mass is 1020 g/mol. The fourth-order valence-corrected chi connectivity index (χ4v) is 5.31. The van der Waals surface area contributed by atoms with Crippen molar-refractivity contribution >= 4 is 35.2 Å². The predicted molar refractivity (Wildman–Crippen MR) is 228 cm³/mol. The molecule has 0 aliphatic carbocycles. The Bertz CT molecular complexity index is 2600. The molecule has 0 spiro atoms. The number of nitrogens with two attached hydrogens (primary N) is 1. The summed E-state index contributed by atoms with van der Waals surface area (Å²) in [6, 6.07) is 7.96. The van der Waals surface area contributed by atoms with E-state index in [1.807, 2.05) is 0 Å². The number of pyridine rings is 3. The molecule has 5 heterocycles. The summed E-state index contributed by atoms with van der Waals surface area (Å²) in [6.07, 6.45) is -13.5. The number of aryl methyl sites for hydroxylation is 5. The smallest absolute Gasteiger partial charge is 0.870 e. The number of nitrogens with zero attached hydrogens (tertiary/aromatic N) is 8. The van der Waals surface area contributed by atoms with Gasteiger partial charge in [0.25, 0.3) is 0 Å². The summed E-state index contributed by atoms with van der Waals surface area (Å²) in [5.74, 6) is 1.97. The maximum atomic E-state index is 12.9. The summed E-state index contributed by atoms with van der Waals surface area (Å²) in [7, 11) is 1.30. The number of halogens is 9. The van der Waals surface area contributed by atoms with Crippen molar-refractivity contribution in [3.8, 4) is 11.6 Å². The number of carboxylic acids is 1. The molecule has 386 valence electrons. The number of esters is 2. The number of hydrogen-bond donors (Lipinski definition) is 3. The number of nitrogens with one attached hydrogen (secondary N) is 1. The van der Waals surface area contributed by atoms with E-state index in [4.69, 9.17) is 15.7 Å². The molecule has 30 heteroatoms. The van der Waals surface area contributed by atoms with Crippen LogP contribution in [0.5, 0.6) is 0 Å². The number of aromatic nitrogens is 7. The first-order valence-electron chi connectivity index (χ1n) is 19.4. The van der Waals surface area contributed by atoms with Crippen molar-refractivity contribution < 1.29 is 108 Å². The number of carbonyl (C=O) groups is 4. The van der Waals surface area contributed by atoms with Gasteiger partial charge in [0.1, 0.15) is 18.7 Å². The number of alkyl halides is 9. The van der Waals surface area contributed by atoms with E-state index in [0.717, 1.165) is 45.8 Å². The van der Waals surface area contributed by atoms with Crippen molar-refractivity contribution in [1.29, 1.82) is 0 Å². The Morgan fingerprint density at radius 3 is 1.42 bits per heavy atom. The molecule has 0 unspecified atom stereocenters. The molecule has 0 fully saturated rings. The number of aromatic carboxylic acids is 1. The third-order valence-corrected chi connectivity index (χ3v) is 7.89. The zero-order chi connectivity index (χ0) is 51.9. The van der Waals surface area contributed by atoms with Crippen LogP contribution in [-0.2, 0) is 42.4 Å². The summed E-state index contributed by atoms with van der Waals surface area (Å²) < 4.78 is 125. The molecule has 20 nitrogen and oxygen atoms in total. The minimum absolute atomic E-state index is 0. The van der Waals surface area contributed by atoms with Crippen LogP contribution in [0.25, 0.3) is 11.6 Å². The van der Waals surface area contributed by atoms with Crippen molar-refractivity contribution in [3.05, 3.63) is 105 Å². The summed E-state index contributed by atoms with van der Waals surface area (Å²) in [6.45, 7) is 12.6. The molecule has 7 N–H and O–H groups in total. The number of anilines is 1. The fourth-order valence-electron chi connectivity index (χ4n) is 5.31. The van der Waals surface area contributed by atoms with Crippen LogP contribution in [0.1, 0.15) is 93.3 Å². The number of Topliss-reactive ketones (excluding diaryl/α,β-unsaturated/α-hetero) is 1. The van der Waals surface area contributed by atoms with Gasteiger partial charge in [-0.2, -0.15) is 49.7 Å². The Balaban J connectivity index is 0. The molecule has 5 aromatic rings. The van der Waals surface area contributed by atoms with Crippen LogP contribution < -0.4 is 30.1 Å². The number of ether oxygens (including phenoxy) is 2. The van der Waals surface area contributed by atoms with Gasteiger partial charge < -0.3 is 35.8 Å². The van der Waals surface area contributed by atoms with E-state index in [9.17, 15) is 58.7 Å². The number of nitrogen functional groups attached to an aromatic ring is 1. The number of ketones is 1. The second-order valence-corrected chi connectivity index (χ2v) is 13.7. The zero-order valence-electron chi connectivity index (χ0n) is 39.5. The first-order valence-corrected chi connectivity index (χ1v) is 19.4. The van der Waals surface area contributed by atoms with Crippen LogP contribution in [0.15, 0.2) is 53.7 Å².